The van der Waals surface area contributed by atoms with E-state index in [0.717, 1.165) is 15.4 Å². The minimum Gasteiger partial charge on any atom is -0.198 e. The van der Waals surface area contributed by atoms with Crippen LogP contribution in [0.2, 0.25) is 0 Å². The van der Waals surface area contributed by atoms with Crippen molar-refractivity contribution in [3.05, 3.63) is 32.7 Å². The van der Waals surface area contributed by atoms with Gasteiger partial charge in [-0.05, 0) is 36.1 Å². The summed E-state index contributed by atoms with van der Waals surface area (Å²) in [4.78, 5) is 0. The summed E-state index contributed by atoms with van der Waals surface area (Å²) in [5, 5.41) is 8.51. The maximum Gasteiger partial charge on any atom is 0.0621 e. The zero-order valence-electron chi connectivity index (χ0n) is 7.93. The number of hydrogen-bond acceptors (Lipinski definition) is 1. The topological polar surface area (TPSA) is 23.8 Å². The molecule has 0 aliphatic carbocycles. The molecule has 0 aliphatic heterocycles. The van der Waals surface area contributed by atoms with Gasteiger partial charge < -0.3 is 0 Å². The van der Waals surface area contributed by atoms with E-state index < -0.39 is 0 Å². The molecule has 1 nitrogen and oxygen atoms in total. The van der Waals surface area contributed by atoms with E-state index in [2.05, 4.69) is 50.9 Å². The molecular weight excluding hydrogens is 306 g/mol. The van der Waals surface area contributed by atoms with Crippen molar-refractivity contribution in [2.75, 3.05) is 0 Å². The predicted octanol–water partition coefficient (Wildman–Crippen LogP) is 4.62. The van der Waals surface area contributed by atoms with Gasteiger partial charge in [-0.15, -0.1) is 0 Å². The number of hydrogen-bond donors (Lipinski definition) is 0. The quantitative estimate of drug-likeness (QED) is 0.798. The molecule has 0 radical (unpaired) electrons. The fourth-order valence-electron chi connectivity index (χ4n) is 1.33. The van der Waals surface area contributed by atoms with E-state index in [1.54, 1.807) is 0 Å². The summed E-state index contributed by atoms with van der Waals surface area (Å²) in [5.74, 6) is 0.418. The van der Waals surface area contributed by atoms with E-state index in [1.165, 1.54) is 5.56 Å². The summed E-state index contributed by atoms with van der Waals surface area (Å²) in [5.41, 5.74) is 1.26. The van der Waals surface area contributed by atoms with Crippen LogP contribution >= 0.6 is 31.9 Å². The molecule has 0 aliphatic rings. The second-order valence-electron chi connectivity index (χ2n) is 3.26. The lowest BCUT2D eigenvalue weighted by Crippen LogP contribution is -1.94. The Morgan fingerprint density at radius 1 is 1.43 bits per heavy atom. The molecule has 14 heavy (non-hydrogen) atoms. The molecule has 3 heteroatoms. The first-order chi connectivity index (χ1) is 6.65. The van der Waals surface area contributed by atoms with Crippen molar-refractivity contribution in [1.29, 1.82) is 5.26 Å². The van der Waals surface area contributed by atoms with E-state index in [9.17, 15) is 0 Å². The highest BCUT2D eigenvalue weighted by Crippen LogP contribution is 2.30. The van der Waals surface area contributed by atoms with Gasteiger partial charge in [0.15, 0.2) is 0 Å². The summed E-state index contributed by atoms with van der Waals surface area (Å²) in [6.45, 7) is 2.14. The van der Waals surface area contributed by atoms with Gasteiger partial charge in [-0.3, -0.25) is 0 Å². The zero-order chi connectivity index (χ0) is 10.6. The molecule has 0 bridgehead atoms. The second-order valence-corrected chi connectivity index (χ2v) is 5.03. The Morgan fingerprint density at radius 3 is 2.79 bits per heavy atom. The lowest BCUT2D eigenvalue weighted by Gasteiger charge is -2.12. The van der Waals surface area contributed by atoms with Gasteiger partial charge >= 0.3 is 0 Å². The molecule has 1 unspecified atom stereocenters. The number of nitrogens with zero attached hydrogens (tertiary/aromatic N) is 1. The Kier molecular flexibility index (Phi) is 4.64. The van der Waals surface area contributed by atoms with Gasteiger partial charge in [0.25, 0.3) is 0 Å². The molecular formula is C11H11Br2N. The summed E-state index contributed by atoms with van der Waals surface area (Å²) < 4.78 is 2.20. The SMILES string of the molecule is CC(CCC#N)c1cc(Br)ccc1Br. The summed E-state index contributed by atoms with van der Waals surface area (Å²) in [7, 11) is 0. The molecule has 1 aromatic rings. The molecule has 1 aromatic carbocycles. The lowest BCUT2D eigenvalue weighted by molar-refractivity contribution is 0.692. The summed E-state index contributed by atoms with van der Waals surface area (Å²) in [6.07, 6.45) is 1.52. The number of halogens is 2. The van der Waals surface area contributed by atoms with Crippen molar-refractivity contribution in [3.8, 4) is 6.07 Å². The van der Waals surface area contributed by atoms with Crippen molar-refractivity contribution in [2.45, 2.75) is 25.7 Å². The van der Waals surface area contributed by atoms with E-state index in [-0.39, 0.29) is 0 Å². The van der Waals surface area contributed by atoms with Gasteiger partial charge in [-0.2, -0.15) is 5.26 Å². The van der Waals surface area contributed by atoms with Gasteiger partial charge in [-0.25, -0.2) is 0 Å². The fourth-order valence-corrected chi connectivity index (χ4v) is 2.35. The summed E-state index contributed by atoms with van der Waals surface area (Å²) in [6, 6.07) is 8.31. The van der Waals surface area contributed by atoms with Crippen LogP contribution in [0.25, 0.3) is 0 Å². The van der Waals surface area contributed by atoms with Crippen LogP contribution in [0.1, 0.15) is 31.2 Å². The average molecular weight is 317 g/mol. The van der Waals surface area contributed by atoms with E-state index in [4.69, 9.17) is 5.26 Å². The van der Waals surface area contributed by atoms with Crippen LogP contribution in [0, 0.1) is 11.3 Å². The largest absolute Gasteiger partial charge is 0.198 e. The number of nitriles is 1. The third-order valence-corrected chi connectivity index (χ3v) is 3.39. The highest BCUT2D eigenvalue weighted by molar-refractivity contribution is 9.11. The van der Waals surface area contributed by atoms with Crippen LogP contribution in [0.5, 0.6) is 0 Å². The highest BCUT2D eigenvalue weighted by atomic mass is 79.9. The molecule has 74 valence electrons. The van der Waals surface area contributed by atoms with E-state index >= 15 is 0 Å². The predicted molar refractivity (Wildman–Crippen MR) is 65.1 cm³/mol. The van der Waals surface area contributed by atoms with E-state index in [0.29, 0.717) is 12.3 Å². The summed E-state index contributed by atoms with van der Waals surface area (Å²) >= 11 is 6.97. The fraction of sp³-hybridized carbons (Fsp3) is 0.364. The molecule has 0 heterocycles. The lowest BCUT2D eigenvalue weighted by atomic mass is 9.97. The van der Waals surface area contributed by atoms with Gasteiger partial charge in [0, 0.05) is 15.4 Å². The maximum atomic E-state index is 8.51. The van der Waals surface area contributed by atoms with E-state index in [1.807, 2.05) is 12.1 Å². The Labute approximate surface area is 101 Å². The second kappa shape index (κ2) is 5.53. The molecule has 0 saturated heterocycles. The average Bonchev–Trinajstić information content (AvgIpc) is 2.18. The molecule has 1 rings (SSSR count). The van der Waals surface area contributed by atoms with Crippen molar-refractivity contribution >= 4 is 31.9 Å². The molecule has 0 saturated carbocycles. The molecule has 0 aromatic heterocycles. The van der Waals surface area contributed by atoms with Crippen LogP contribution in [0.15, 0.2) is 27.1 Å². The van der Waals surface area contributed by atoms with Crippen LogP contribution in [-0.2, 0) is 0 Å². The first-order valence-electron chi connectivity index (χ1n) is 4.47. The molecule has 0 N–H and O–H groups in total. The van der Waals surface area contributed by atoms with Gasteiger partial charge in [0.1, 0.15) is 0 Å². The monoisotopic (exact) mass is 315 g/mol. The van der Waals surface area contributed by atoms with Crippen molar-refractivity contribution in [2.24, 2.45) is 0 Å². The van der Waals surface area contributed by atoms with Crippen molar-refractivity contribution in [3.63, 3.8) is 0 Å². The first-order valence-corrected chi connectivity index (χ1v) is 6.05. The van der Waals surface area contributed by atoms with Crippen molar-refractivity contribution in [1.82, 2.24) is 0 Å². The number of rotatable bonds is 3. The first kappa shape index (κ1) is 11.7. The Morgan fingerprint density at radius 2 is 2.14 bits per heavy atom. The molecule has 1 atom stereocenters. The smallest absolute Gasteiger partial charge is 0.0621 e. The van der Waals surface area contributed by atoms with Crippen LogP contribution in [0.4, 0.5) is 0 Å². The standard InChI is InChI=1S/C11H11Br2N/c1-8(3-2-6-14)10-7-9(12)4-5-11(10)13/h4-5,7-8H,2-3H2,1H3. The third-order valence-electron chi connectivity index (χ3n) is 2.18. The Hall–Kier alpha value is -0.330. The maximum absolute atomic E-state index is 8.51. The minimum atomic E-state index is 0.418. The third kappa shape index (κ3) is 3.11. The van der Waals surface area contributed by atoms with Gasteiger partial charge in [0.05, 0.1) is 6.07 Å². The normalized spacial score (nSPS) is 12.1. The van der Waals surface area contributed by atoms with Gasteiger partial charge in [-0.1, -0.05) is 38.8 Å². The minimum absolute atomic E-state index is 0.418. The van der Waals surface area contributed by atoms with Crippen LogP contribution in [0.3, 0.4) is 0 Å². The molecule has 0 amide bonds. The molecule has 0 fully saturated rings. The zero-order valence-corrected chi connectivity index (χ0v) is 11.1. The van der Waals surface area contributed by atoms with Crippen LogP contribution < -0.4 is 0 Å². The Balaban J connectivity index is 2.83. The van der Waals surface area contributed by atoms with Crippen molar-refractivity contribution < 1.29 is 0 Å². The molecule has 0 spiro atoms. The van der Waals surface area contributed by atoms with Crippen LogP contribution in [-0.4, -0.2) is 0 Å². The Bertz CT molecular complexity index is 355. The van der Waals surface area contributed by atoms with Gasteiger partial charge in [0.2, 0.25) is 0 Å². The number of benzene rings is 1. The highest BCUT2D eigenvalue weighted by Gasteiger charge is 2.09.